The molecule has 164 valence electrons. The fraction of sp³-hybridized carbons (Fsp3) is 0.450. The molecule has 0 spiro atoms. The van der Waals surface area contributed by atoms with Gasteiger partial charge in [-0.05, 0) is 70.3 Å². The lowest BCUT2D eigenvalue weighted by Crippen LogP contribution is -2.42. The van der Waals surface area contributed by atoms with E-state index in [0.717, 1.165) is 0 Å². The van der Waals surface area contributed by atoms with Crippen molar-refractivity contribution >= 4 is 60.7 Å². The predicted octanol–water partition coefficient (Wildman–Crippen LogP) is 4.18. The van der Waals surface area contributed by atoms with Crippen molar-refractivity contribution in [3.8, 4) is 5.75 Å². The molecule has 0 unspecified atom stereocenters. The molecule has 1 N–H and O–H groups in total. The molecule has 0 aliphatic heterocycles. The molecule has 1 aromatic heterocycles. The Hall–Kier alpha value is -2.07. The smallest absolute Gasteiger partial charge is 0.419 e. The number of methoxy groups -OCH3 is 2. The molecule has 1 heterocycles. The van der Waals surface area contributed by atoms with Crippen molar-refractivity contribution in [2.24, 2.45) is 0 Å². The largest absolute Gasteiger partial charge is 0.496 e. The number of amides is 1. The van der Waals surface area contributed by atoms with E-state index in [-0.39, 0.29) is 12.3 Å². The van der Waals surface area contributed by atoms with Gasteiger partial charge < -0.3 is 19.5 Å². The first kappa shape index (κ1) is 24.2. The Kier molecular flexibility index (Phi) is 7.57. The van der Waals surface area contributed by atoms with Crippen molar-refractivity contribution in [1.29, 1.82) is 0 Å². The summed E-state index contributed by atoms with van der Waals surface area (Å²) in [5.41, 5.74) is 0.456. The third-order valence-corrected chi connectivity index (χ3v) is 5.58. The first-order valence-electron chi connectivity index (χ1n) is 9.04. The van der Waals surface area contributed by atoms with Crippen molar-refractivity contribution in [3.63, 3.8) is 0 Å². The van der Waals surface area contributed by atoms with Crippen molar-refractivity contribution in [1.82, 2.24) is 9.88 Å². The number of nitrogens with one attached hydrogen (secondary N) is 1. The first-order chi connectivity index (χ1) is 13.9. The number of aromatic nitrogens is 1. The van der Waals surface area contributed by atoms with Crippen LogP contribution in [0.5, 0.6) is 5.75 Å². The van der Waals surface area contributed by atoms with Crippen molar-refractivity contribution < 1.29 is 28.6 Å². The standard InChI is InChI=1S/C20H24Br2N2O6/c1-10(25)23-14(18(26)29-6)7-12-11-8-16(28-5)13(21)9-15(11)24(17(12)22)19(27)30-20(2,3)4/h8-9,14H,7H2,1-6H3,(H,23,25)/t14-/m0/s1. The number of carbonyl (C=O) groups is 3. The summed E-state index contributed by atoms with van der Waals surface area (Å²) in [6.45, 7) is 6.63. The molecule has 0 aliphatic carbocycles. The lowest BCUT2D eigenvalue weighted by Gasteiger charge is -2.20. The van der Waals surface area contributed by atoms with E-state index >= 15 is 0 Å². The Morgan fingerprint density at radius 3 is 2.30 bits per heavy atom. The quantitative estimate of drug-likeness (QED) is 0.564. The van der Waals surface area contributed by atoms with Gasteiger partial charge in [0.05, 0.1) is 28.8 Å². The highest BCUT2D eigenvalue weighted by Gasteiger charge is 2.29. The van der Waals surface area contributed by atoms with Crippen LogP contribution in [0.4, 0.5) is 4.79 Å². The monoisotopic (exact) mass is 546 g/mol. The van der Waals surface area contributed by atoms with Crippen LogP contribution in [-0.2, 0) is 25.5 Å². The number of halogens is 2. The van der Waals surface area contributed by atoms with E-state index in [0.29, 0.717) is 31.3 Å². The third-order valence-electron chi connectivity index (χ3n) is 4.13. The fourth-order valence-corrected chi connectivity index (χ4v) is 4.15. The SMILES string of the molecule is COC(=O)[C@H](Cc1c(Br)n(C(=O)OC(C)(C)C)c2cc(Br)c(OC)cc12)NC(C)=O. The van der Waals surface area contributed by atoms with Crippen LogP contribution < -0.4 is 10.1 Å². The second kappa shape index (κ2) is 9.38. The highest BCUT2D eigenvalue weighted by molar-refractivity contribution is 9.10. The molecule has 1 amide bonds. The lowest BCUT2D eigenvalue weighted by molar-refractivity contribution is -0.144. The number of ether oxygens (including phenoxy) is 3. The zero-order chi connectivity index (χ0) is 22.8. The van der Waals surface area contributed by atoms with Gasteiger partial charge in [-0.3, -0.25) is 4.79 Å². The topological polar surface area (TPSA) is 95.9 Å². The number of fused-ring (bicyclic) bond motifs is 1. The molecule has 0 bridgehead atoms. The lowest BCUT2D eigenvalue weighted by atomic mass is 10.0. The Balaban J connectivity index is 2.70. The van der Waals surface area contributed by atoms with Crippen LogP contribution in [0.15, 0.2) is 21.2 Å². The maximum Gasteiger partial charge on any atom is 0.419 e. The van der Waals surface area contributed by atoms with Gasteiger partial charge in [-0.1, -0.05) is 0 Å². The predicted molar refractivity (Wildman–Crippen MR) is 119 cm³/mol. The van der Waals surface area contributed by atoms with E-state index in [2.05, 4.69) is 37.2 Å². The summed E-state index contributed by atoms with van der Waals surface area (Å²) in [7, 11) is 2.77. The van der Waals surface area contributed by atoms with Crippen LogP contribution in [0.2, 0.25) is 0 Å². The molecule has 2 aromatic rings. The highest BCUT2D eigenvalue weighted by Crippen LogP contribution is 2.38. The van der Waals surface area contributed by atoms with E-state index in [4.69, 9.17) is 14.2 Å². The molecule has 0 radical (unpaired) electrons. The van der Waals surface area contributed by atoms with Gasteiger partial charge in [-0.2, -0.15) is 0 Å². The highest BCUT2D eigenvalue weighted by atomic mass is 79.9. The van der Waals surface area contributed by atoms with Gasteiger partial charge in [0.25, 0.3) is 0 Å². The number of rotatable bonds is 5. The van der Waals surface area contributed by atoms with Crippen LogP contribution in [0.1, 0.15) is 33.3 Å². The second-order valence-corrected chi connectivity index (χ2v) is 9.17. The normalized spacial score (nSPS) is 12.4. The van der Waals surface area contributed by atoms with Gasteiger partial charge in [0.2, 0.25) is 5.91 Å². The summed E-state index contributed by atoms with van der Waals surface area (Å²) in [5, 5.41) is 3.25. The molecule has 8 nitrogen and oxygen atoms in total. The molecule has 0 saturated carbocycles. The molecular formula is C20H24Br2N2O6. The number of hydrogen-bond donors (Lipinski definition) is 1. The Labute approximate surface area is 191 Å². The molecule has 30 heavy (non-hydrogen) atoms. The van der Waals surface area contributed by atoms with E-state index in [9.17, 15) is 14.4 Å². The van der Waals surface area contributed by atoms with E-state index in [1.165, 1.54) is 25.7 Å². The summed E-state index contributed by atoms with van der Waals surface area (Å²) in [6.07, 6.45) is -0.499. The van der Waals surface area contributed by atoms with E-state index in [1.54, 1.807) is 32.9 Å². The fourth-order valence-electron chi connectivity index (χ4n) is 2.94. The minimum atomic E-state index is -0.934. The van der Waals surface area contributed by atoms with Crippen molar-refractivity contribution in [2.75, 3.05) is 14.2 Å². The van der Waals surface area contributed by atoms with Gasteiger partial charge in [-0.15, -0.1) is 0 Å². The number of hydrogen-bond acceptors (Lipinski definition) is 6. The summed E-state index contributed by atoms with van der Waals surface area (Å²) < 4.78 is 18.2. The van der Waals surface area contributed by atoms with Crippen LogP contribution in [0.3, 0.4) is 0 Å². The molecule has 1 atom stereocenters. The van der Waals surface area contributed by atoms with Gasteiger partial charge >= 0.3 is 12.1 Å². The van der Waals surface area contributed by atoms with E-state index in [1.807, 2.05) is 0 Å². The first-order valence-corrected chi connectivity index (χ1v) is 10.6. The summed E-state index contributed by atoms with van der Waals surface area (Å²) in [6, 6.07) is 2.55. The molecule has 0 aliphatic rings. The summed E-state index contributed by atoms with van der Waals surface area (Å²) >= 11 is 6.92. The summed E-state index contributed by atoms with van der Waals surface area (Å²) in [4.78, 5) is 36.7. The maximum atomic E-state index is 12.9. The Morgan fingerprint density at radius 1 is 1.17 bits per heavy atom. The third kappa shape index (κ3) is 5.34. The van der Waals surface area contributed by atoms with Gasteiger partial charge in [0, 0.05) is 18.7 Å². The number of esters is 1. The molecule has 1 aromatic carbocycles. The molecule has 0 saturated heterocycles. The zero-order valence-electron chi connectivity index (χ0n) is 17.6. The molecule has 10 heteroatoms. The van der Waals surface area contributed by atoms with E-state index < -0.39 is 23.7 Å². The van der Waals surface area contributed by atoms with Crippen molar-refractivity contribution in [3.05, 3.63) is 26.8 Å². The number of carbonyl (C=O) groups excluding carboxylic acids is 3. The zero-order valence-corrected chi connectivity index (χ0v) is 20.8. The molecule has 0 fully saturated rings. The minimum absolute atomic E-state index is 0.0872. The van der Waals surface area contributed by atoms with Crippen LogP contribution in [0.25, 0.3) is 10.9 Å². The average Bonchev–Trinajstić information content (AvgIpc) is 2.88. The molecule has 2 rings (SSSR count). The average molecular weight is 548 g/mol. The van der Waals surface area contributed by atoms with Gasteiger partial charge in [0.1, 0.15) is 17.4 Å². The van der Waals surface area contributed by atoms with Crippen LogP contribution in [-0.4, -0.2) is 48.4 Å². The number of benzene rings is 1. The minimum Gasteiger partial charge on any atom is -0.496 e. The van der Waals surface area contributed by atoms with Gasteiger partial charge in [-0.25, -0.2) is 14.2 Å². The Morgan fingerprint density at radius 2 is 1.80 bits per heavy atom. The number of nitrogens with zero attached hydrogens (tertiary/aromatic N) is 1. The Bertz CT molecular complexity index is 994. The molecular weight excluding hydrogens is 524 g/mol. The maximum absolute atomic E-state index is 12.9. The van der Waals surface area contributed by atoms with Gasteiger partial charge in [0.15, 0.2) is 0 Å². The van der Waals surface area contributed by atoms with Crippen molar-refractivity contribution in [2.45, 2.75) is 45.8 Å². The van der Waals surface area contributed by atoms with Crippen LogP contribution in [0, 0.1) is 0 Å². The van der Waals surface area contributed by atoms with Crippen LogP contribution >= 0.6 is 31.9 Å². The summed E-state index contributed by atoms with van der Waals surface area (Å²) in [5.74, 6) is -0.427. The second-order valence-electron chi connectivity index (χ2n) is 7.57.